The fourth-order valence-corrected chi connectivity index (χ4v) is 4.36. The summed E-state index contributed by atoms with van der Waals surface area (Å²) in [5.41, 5.74) is 1.33. The van der Waals surface area contributed by atoms with Gasteiger partial charge in [0.05, 0.1) is 25.1 Å². The summed E-state index contributed by atoms with van der Waals surface area (Å²) in [5, 5.41) is 0. The summed E-state index contributed by atoms with van der Waals surface area (Å²) in [4.78, 5) is 39.9. The number of benzene rings is 1. The third-order valence-electron chi connectivity index (χ3n) is 6.17. The zero-order valence-corrected chi connectivity index (χ0v) is 19.1. The van der Waals surface area contributed by atoms with Crippen molar-refractivity contribution in [2.45, 2.75) is 25.4 Å². The first-order chi connectivity index (χ1) is 16.2. The lowest BCUT2D eigenvalue weighted by molar-refractivity contribution is -0.131. The number of carbonyl (C=O) groups is 2. The molecule has 0 spiro atoms. The first-order valence-electron chi connectivity index (χ1n) is 11.5. The van der Waals surface area contributed by atoms with Crippen LogP contribution < -0.4 is 9.64 Å². The summed E-state index contributed by atoms with van der Waals surface area (Å²) >= 11 is 0. The first kappa shape index (κ1) is 23.0. The van der Waals surface area contributed by atoms with E-state index in [-0.39, 0.29) is 30.0 Å². The van der Waals surface area contributed by atoms with Gasteiger partial charge in [0.2, 0.25) is 5.91 Å². The Hall–Kier alpha value is -3.20. The normalized spacial score (nSPS) is 18.3. The number of nitrogens with zero attached hydrogens (tertiary/aromatic N) is 5. The van der Waals surface area contributed by atoms with Crippen molar-refractivity contribution in [3.8, 4) is 5.75 Å². The van der Waals surface area contributed by atoms with Crippen molar-refractivity contribution in [1.29, 1.82) is 0 Å². The van der Waals surface area contributed by atoms with Crippen LogP contribution in [0, 0.1) is 0 Å². The minimum Gasteiger partial charge on any atom is -0.495 e. The van der Waals surface area contributed by atoms with Crippen LogP contribution in [-0.2, 0) is 9.53 Å². The number of para-hydroxylation sites is 2. The number of carbonyl (C=O) groups excluding carboxylic acids is 2. The summed E-state index contributed by atoms with van der Waals surface area (Å²) < 4.78 is 11.2. The van der Waals surface area contributed by atoms with Crippen LogP contribution in [0.2, 0.25) is 0 Å². The molecule has 3 heterocycles. The summed E-state index contributed by atoms with van der Waals surface area (Å²) in [6, 6.07) is 7.93. The van der Waals surface area contributed by atoms with E-state index in [0.29, 0.717) is 32.8 Å². The number of hydrogen-bond donors (Lipinski definition) is 0. The van der Waals surface area contributed by atoms with Crippen LogP contribution in [0.25, 0.3) is 0 Å². The molecule has 1 aromatic heterocycles. The van der Waals surface area contributed by atoms with E-state index >= 15 is 0 Å². The Labute approximate surface area is 194 Å². The predicted octanol–water partition coefficient (Wildman–Crippen LogP) is 1.85. The van der Waals surface area contributed by atoms with Crippen LogP contribution in [0.5, 0.6) is 5.75 Å². The predicted molar refractivity (Wildman–Crippen MR) is 123 cm³/mol. The van der Waals surface area contributed by atoms with Gasteiger partial charge in [0.25, 0.3) is 5.91 Å². The Kier molecular flexibility index (Phi) is 7.72. The van der Waals surface area contributed by atoms with Gasteiger partial charge in [0.1, 0.15) is 11.4 Å². The van der Waals surface area contributed by atoms with Crippen LogP contribution in [0.15, 0.2) is 42.9 Å². The third-order valence-corrected chi connectivity index (χ3v) is 6.17. The van der Waals surface area contributed by atoms with Crippen molar-refractivity contribution in [2.24, 2.45) is 0 Å². The van der Waals surface area contributed by atoms with E-state index in [0.717, 1.165) is 37.4 Å². The van der Waals surface area contributed by atoms with Crippen LogP contribution in [-0.4, -0.2) is 90.7 Å². The molecule has 2 amide bonds. The molecule has 0 N–H and O–H groups in total. The molecule has 4 rings (SSSR count). The molecule has 1 aromatic carbocycles. The second-order valence-electron chi connectivity index (χ2n) is 8.27. The molecular formula is C24H31N5O4. The highest BCUT2D eigenvalue weighted by Crippen LogP contribution is 2.28. The van der Waals surface area contributed by atoms with Gasteiger partial charge in [-0.25, -0.2) is 4.98 Å². The molecule has 0 bridgehead atoms. The molecule has 9 nitrogen and oxygen atoms in total. The Morgan fingerprint density at radius 1 is 1.18 bits per heavy atom. The average molecular weight is 454 g/mol. The van der Waals surface area contributed by atoms with Crippen molar-refractivity contribution in [3.63, 3.8) is 0 Å². The monoisotopic (exact) mass is 453 g/mol. The van der Waals surface area contributed by atoms with Gasteiger partial charge in [-0.3, -0.25) is 14.6 Å². The highest BCUT2D eigenvalue weighted by atomic mass is 16.5. The zero-order valence-electron chi connectivity index (χ0n) is 19.1. The first-order valence-corrected chi connectivity index (χ1v) is 11.5. The number of hydrogen-bond acceptors (Lipinski definition) is 7. The fourth-order valence-electron chi connectivity index (χ4n) is 4.36. The van der Waals surface area contributed by atoms with Crippen molar-refractivity contribution in [2.75, 3.05) is 57.9 Å². The lowest BCUT2D eigenvalue weighted by atomic mass is 10.2. The second kappa shape index (κ2) is 11.1. The smallest absolute Gasteiger partial charge is 0.274 e. The highest BCUT2D eigenvalue weighted by Gasteiger charge is 2.27. The van der Waals surface area contributed by atoms with Gasteiger partial charge in [-0.05, 0) is 25.0 Å². The van der Waals surface area contributed by atoms with Crippen LogP contribution in [0.4, 0.5) is 5.69 Å². The topological polar surface area (TPSA) is 88.1 Å². The largest absolute Gasteiger partial charge is 0.495 e. The van der Waals surface area contributed by atoms with Gasteiger partial charge in [0.15, 0.2) is 0 Å². The number of methoxy groups -OCH3 is 1. The van der Waals surface area contributed by atoms with Crippen molar-refractivity contribution < 1.29 is 19.1 Å². The van der Waals surface area contributed by atoms with E-state index in [1.54, 1.807) is 12.0 Å². The van der Waals surface area contributed by atoms with E-state index in [1.165, 1.54) is 18.6 Å². The summed E-state index contributed by atoms with van der Waals surface area (Å²) in [7, 11) is 1.67. The Morgan fingerprint density at radius 2 is 2.00 bits per heavy atom. The summed E-state index contributed by atoms with van der Waals surface area (Å²) in [6.45, 7) is 4.27. The minimum atomic E-state index is -0.215. The Morgan fingerprint density at radius 3 is 2.70 bits per heavy atom. The zero-order chi connectivity index (χ0) is 23.0. The molecule has 9 heteroatoms. The van der Waals surface area contributed by atoms with Gasteiger partial charge < -0.3 is 24.2 Å². The Bertz CT molecular complexity index is 927. The number of anilines is 1. The molecule has 0 aliphatic carbocycles. The minimum absolute atomic E-state index is 0.00474. The quantitative estimate of drug-likeness (QED) is 0.603. The molecule has 0 saturated carbocycles. The third kappa shape index (κ3) is 5.78. The molecular weight excluding hydrogens is 422 g/mol. The van der Waals surface area contributed by atoms with E-state index in [2.05, 4.69) is 14.9 Å². The Balaban J connectivity index is 1.33. The van der Waals surface area contributed by atoms with Crippen LogP contribution in [0.3, 0.4) is 0 Å². The molecule has 2 fully saturated rings. The maximum atomic E-state index is 13.0. The van der Waals surface area contributed by atoms with Crippen molar-refractivity contribution >= 4 is 17.5 Å². The van der Waals surface area contributed by atoms with Crippen molar-refractivity contribution in [1.82, 2.24) is 19.8 Å². The second-order valence-corrected chi connectivity index (χ2v) is 8.27. The van der Waals surface area contributed by atoms with E-state index in [9.17, 15) is 9.59 Å². The van der Waals surface area contributed by atoms with Crippen molar-refractivity contribution in [3.05, 3.63) is 48.5 Å². The van der Waals surface area contributed by atoms with Gasteiger partial charge >= 0.3 is 0 Å². The van der Waals surface area contributed by atoms with Crippen LogP contribution >= 0.6 is 0 Å². The van der Waals surface area contributed by atoms with Gasteiger partial charge in [0, 0.05) is 64.7 Å². The highest BCUT2D eigenvalue weighted by molar-refractivity contribution is 5.92. The number of rotatable bonds is 8. The molecule has 176 valence electrons. The van der Waals surface area contributed by atoms with E-state index in [4.69, 9.17) is 9.47 Å². The molecule has 0 radical (unpaired) electrons. The van der Waals surface area contributed by atoms with Crippen LogP contribution in [0.1, 0.15) is 29.8 Å². The molecule has 2 aliphatic rings. The molecule has 2 aromatic rings. The number of aromatic nitrogens is 2. The van der Waals surface area contributed by atoms with E-state index < -0.39 is 0 Å². The number of piperazine rings is 1. The standard InChI is InChI=1S/C24H31N5O4/c1-32-22-7-3-2-6-21(22)27-12-14-28(15-13-27)23(30)8-11-29(18-19-5-4-16-33-19)24(31)20-17-25-9-10-26-20/h2-3,6-7,9-10,17,19H,4-5,8,11-16,18H2,1H3. The molecule has 1 atom stereocenters. The SMILES string of the molecule is COc1ccccc1N1CCN(C(=O)CCN(CC2CCCO2)C(=O)c2cnccn2)CC1. The molecule has 33 heavy (non-hydrogen) atoms. The average Bonchev–Trinajstić information content (AvgIpc) is 3.40. The molecule has 2 aliphatic heterocycles. The number of amides is 2. The molecule has 1 unspecified atom stereocenters. The molecule has 2 saturated heterocycles. The lowest BCUT2D eigenvalue weighted by Gasteiger charge is -2.37. The maximum Gasteiger partial charge on any atom is 0.274 e. The summed E-state index contributed by atoms with van der Waals surface area (Å²) in [5.74, 6) is 0.677. The fraction of sp³-hybridized carbons (Fsp3) is 0.500. The van der Waals surface area contributed by atoms with Gasteiger partial charge in [-0.1, -0.05) is 12.1 Å². The van der Waals surface area contributed by atoms with Gasteiger partial charge in [-0.2, -0.15) is 0 Å². The van der Waals surface area contributed by atoms with Gasteiger partial charge in [-0.15, -0.1) is 0 Å². The lowest BCUT2D eigenvalue weighted by Crippen LogP contribution is -2.49. The van der Waals surface area contributed by atoms with E-state index in [1.807, 2.05) is 29.2 Å². The maximum absolute atomic E-state index is 13.0. The number of ether oxygens (including phenoxy) is 2. The summed E-state index contributed by atoms with van der Waals surface area (Å²) in [6.07, 6.45) is 6.69.